The van der Waals surface area contributed by atoms with Crippen molar-refractivity contribution >= 4 is 42.9 Å². The third-order valence-electron chi connectivity index (χ3n) is 3.10. The van der Waals surface area contributed by atoms with Gasteiger partial charge in [0.1, 0.15) is 0 Å². The number of amides is 1. The van der Waals surface area contributed by atoms with E-state index in [9.17, 15) is 13.2 Å². The minimum Gasteiger partial charge on any atom is -0.312 e. The molecule has 1 fully saturated rings. The highest BCUT2D eigenvalue weighted by molar-refractivity contribution is 8.13. The van der Waals surface area contributed by atoms with Crippen LogP contribution < -0.4 is 4.90 Å². The summed E-state index contributed by atoms with van der Waals surface area (Å²) < 4.78 is 22.1. The molecule has 2 rings (SSSR count). The molecule has 0 aliphatic carbocycles. The number of anilines is 1. The molecule has 1 aromatic carbocycles. The van der Waals surface area contributed by atoms with Crippen LogP contribution in [0, 0.1) is 12.8 Å². The van der Waals surface area contributed by atoms with E-state index >= 15 is 0 Å². The number of halogens is 2. The third-order valence-corrected chi connectivity index (χ3v) is 4.58. The van der Waals surface area contributed by atoms with E-state index < -0.39 is 9.05 Å². The number of carbonyl (C=O) groups is 1. The Morgan fingerprint density at radius 3 is 2.74 bits per heavy atom. The Balaban J connectivity index is 2.23. The Morgan fingerprint density at radius 2 is 2.11 bits per heavy atom. The lowest BCUT2D eigenvalue weighted by Gasteiger charge is -2.19. The van der Waals surface area contributed by atoms with Crippen molar-refractivity contribution in [3.63, 3.8) is 0 Å². The molecule has 0 spiro atoms. The molecule has 1 unspecified atom stereocenters. The molecule has 19 heavy (non-hydrogen) atoms. The van der Waals surface area contributed by atoms with Gasteiger partial charge in [0.05, 0.1) is 5.75 Å². The summed E-state index contributed by atoms with van der Waals surface area (Å²) in [4.78, 5) is 13.6. The number of aryl methyl sites for hydroxylation is 1. The predicted molar refractivity (Wildman–Crippen MR) is 76.3 cm³/mol. The van der Waals surface area contributed by atoms with Gasteiger partial charge in [-0.05, 0) is 24.6 Å². The number of benzene rings is 1. The maximum absolute atomic E-state index is 12.0. The van der Waals surface area contributed by atoms with Gasteiger partial charge in [0.2, 0.25) is 15.0 Å². The molecule has 0 aromatic heterocycles. The third kappa shape index (κ3) is 3.61. The van der Waals surface area contributed by atoms with Crippen LogP contribution in [0.4, 0.5) is 5.69 Å². The fourth-order valence-electron chi connectivity index (χ4n) is 2.28. The van der Waals surface area contributed by atoms with E-state index in [0.29, 0.717) is 11.6 Å². The average molecular weight is 322 g/mol. The molecule has 0 N–H and O–H groups in total. The maximum Gasteiger partial charge on any atom is 0.232 e. The first-order valence-electron chi connectivity index (χ1n) is 5.75. The Morgan fingerprint density at radius 1 is 1.42 bits per heavy atom. The second-order valence-corrected chi connectivity index (χ2v) is 7.97. The number of nitrogens with zero attached hydrogens (tertiary/aromatic N) is 1. The molecule has 7 heteroatoms. The van der Waals surface area contributed by atoms with Gasteiger partial charge < -0.3 is 4.90 Å². The van der Waals surface area contributed by atoms with Crippen LogP contribution in [0.1, 0.15) is 12.0 Å². The van der Waals surface area contributed by atoms with Crippen LogP contribution in [0.25, 0.3) is 0 Å². The monoisotopic (exact) mass is 321 g/mol. The molecule has 1 aromatic rings. The second kappa shape index (κ2) is 5.31. The van der Waals surface area contributed by atoms with Crippen molar-refractivity contribution in [2.75, 3.05) is 17.2 Å². The molecule has 104 valence electrons. The zero-order chi connectivity index (χ0) is 14.2. The molecule has 1 atom stereocenters. The largest absolute Gasteiger partial charge is 0.312 e. The number of hydrogen-bond donors (Lipinski definition) is 0. The minimum absolute atomic E-state index is 0.101. The van der Waals surface area contributed by atoms with Crippen LogP contribution in [0.15, 0.2) is 18.2 Å². The van der Waals surface area contributed by atoms with E-state index in [1.165, 1.54) is 0 Å². The summed E-state index contributed by atoms with van der Waals surface area (Å²) >= 11 is 5.93. The molecule has 1 heterocycles. The summed E-state index contributed by atoms with van der Waals surface area (Å²) in [7, 11) is 1.64. The van der Waals surface area contributed by atoms with Gasteiger partial charge in [0.15, 0.2) is 0 Å². The van der Waals surface area contributed by atoms with Crippen molar-refractivity contribution in [2.24, 2.45) is 5.92 Å². The smallest absolute Gasteiger partial charge is 0.232 e. The molecule has 4 nitrogen and oxygen atoms in total. The quantitative estimate of drug-likeness (QED) is 0.804. The van der Waals surface area contributed by atoms with E-state index in [4.69, 9.17) is 22.3 Å². The highest BCUT2D eigenvalue weighted by atomic mass is 35.7. The van der Waals surface area contributed by atoms with Gasteiger partial charge in [-0.2, -0.15) is 0 Å². The standard InChI is InChI=1S/C12H13Cl2NO3S/c1-8-2-3-10(13)5-11(8)15-6-9(4-12(15)16)7-19(14,17)18/h2-3,5,9H,4,6-7H2,1H3. The van der Waals surface area contributed by atoms with Gasteiger partial charge in [-0.1, -0.05) is 17.7 Å². The Bertz CT molecular complexity index is 615. The van der Waals surface area contributed by atoms with E-state index in [1.54, 1.807) is 17.0 Å². The number of carbonyl (C=O) groups excluding carboxylic acids is 1. The molecule has 1 saturated heterocycles. The fraction of sp³-hybridized carbons (Fsp3) is 0.417. The van der Waals surface area contributed by atoms with Crippen LogP contribution >= 0.6 is 22.3 Å². The van der Waals surface area contributed by atoms with Gasteiger partial charge in [-0.25, -0.2) is 8.42 Å². The van der Waals surface area contributed by atoms with E-state index in [1.807, 2.05) is 13.0 Å². The van der Waals surface area contributed by atoms with Crippen LogP contribution in [0.5, 0.6) is 0 Å². The van der Waals surface area contributed by atoms with Crippen LogP contribution in [-0.4, -0.2) is 26.6 Å². The Kier molecular flexibility index (Phi) is 4.08. The summed E-state index contributed by atoms with van der Waals surface area (Å²) in [6.07, 6.45) is 0.192. The summed E-state index contributed by atoms with van der Waals surface area (Å²) in [5.74, 6) is -0.555. The van der Waals surface area contributed by atoms with Crippen LogP contribution in [0.2, 0.25) is 5.02 Å². The van der Waals surface area contributed by atoms with Crippen LogP contribution in [-0.2, 0) is 13.8 Å². The zero-order valence-corrected chi connectivity index (χ0v) is 12.6. The van der Waals surface area contributed by atoms with Gasteiger partial charge >= 0.3 is 0 Å². The first kappa shape index (κ1) is 14.6. The first-order valence-corrected chi connectivity index (χ1v) is 8.61. The summed E-state index contributed by atoms with van der Waals surface area (Å²) in [5, 5.41) is 0.543. The van der Waals surface area contributed by atoms with Gasteiger partial charge in [-0.3, -0.25) is 4.79 Å². The highest BCUT2D eigenvalue weighted by Gasteiger charge is 2.33. The van der Waals surface area contributed by atoms with Crippen molar-refractivity contribution in [1.82, 2.24) is 0 Å². The molecule has 0 saturated carbocycles. The average Bonchev–Trinajstić information content (AvgIpc) is 2.60. The topological polar surface area (TPSA) is 54.5 Å². The predicted octanol–water partition coefficient (Wildman–Crippen LogP) is 2.57. The molecular formula is C12H13Cl2NO3S. The first-order chi connectivity index (χ1) is 8.76. The summed E-state index contributed by atoms with van der Waals surface area (Å²) in [5.41, 5.74) is 1.65. The van der Waals surface area contributed by atoms with Crippen molar-refractivity contribution in [1.29, 1.82) is 0 Å². The normalized spacial score (nSPS) is 20.1. The zero-order valence-electron chi connectivity index (χ0n) is 10.3. The van der Waals surface area contributed by atoms with Gasteiger partial charge in [0.25, 0.3) is 0 Å². The lowest BCUT2D eigenvalue weighted by molar-refractivity contribution is -0.117. The SMILES string of the molecule is Cc1ccc(Cl)cc1N1CC(CS(=O)(=O)Cl)CC1=O. The molecular weight excluding hydrogens is 309 g/mol. The molecule has 1 amide bonds. The van der Waals surface area contributed by atoms with E-state index in [0.717, 1.165) is 11.3 Å². The van der Waals surface area contributed by atoms with Gasteiger partial charge in [-0.15, -0.1) is 0 Å². The molecule has 1 aliphatic rings. The number of rotatable bonds is 3. The van der Waals surface area contributed by atoms with Crippen molar-refractivity contribution < 1.29 is 13.2 Å². The molecule has 0 bridgehead atoms. The van der Waals surface area contributed by atoms with E-state index in [2.05, 4.69) is 0 Å². The second-order valence-electron chi connectivity index (χ2n) is 4.71. The van der Waals surface area contributed by atoms with Crippen molar-refractivity contribution in [3.8, 4) is 0 Å². The van der Waals surface area contributed by atoms with Crippen LogP contribution in [0.3, 0.4) is 0 Å². The highest BCUT2D eigenvalue weighted by Crippen LogP contribution is 2.30. The molecule has 1 aliphatic heterocycles. The Labute approximate surface area is 121 Å². The molecule has 0 radical (unpaired) electrons. The lowest BCUT2D eigenvalue weighted by Crippen LogP contribution is -2.26. The minimum atomic E-state index is -3.59. The lowest BCUT2D eigenvalue weighted by atomic mass is 10.1. The van der Waals surface area contributed by atoms with Crippen molar-refractivity contribution in [3.05, 3.63) is 28.8 Å². The summed E-state index contributed by atoms with van der Waals surface area (Å²) in [6.45, 7) is 2.23. The fourth-order valence-corrected chi connectivity index (χ4v) is 3.77. The Hall–Kier alpha value is -0.780. The van der Waals surface area contributed by atoms with Crippen molar-refractivity contribution in [2.45, 2.75) is 13.3 Å². The van der Waals surface area contributed by atoms with Gasteiger partial charge in [0, 0.05) is 40.3 Å². The van der Waals surface area contributed by atoms with E-state index in [-0.39, 0.29) is 24.0 Å². The summed E-state index contributed by atoms with van der Waals surface area (Å²) in [6, 6.07) is 5.30. The maximum atomic E-state index is 12.0. The number of hydrogen-bond acceptors (Lipinski definition) is 3.